The van der Waals surface area contributed by atoms with Crippen LogP contribution in [0.5, 0.6) is 5.75 Å². The number of hydrogen-bond donors (Lipinski definition) is 2. The molecule has 0 unspecified atom stereocenters. The normalized spacial score (nSPS) is 27.1. The lowest BCUT2D eigenvalue weighted by atomic mass is 9.50. The average Bonchev–Trinajstić information content (AvgIpc) is 2.76. The maximum absolute atomic E-state index is 13.0. The number of carbonyl (C=O) groups is 1. The van der Waals surface area contributed by atoms with Crippen LogP contribution >= 0.6 is 0 Å². The molecule has 0 saturated heterocycles. The zero-order valence-electron chi connectivity index (χ0n) is 19.3. The van der Waals surface area contributed by atoms with E-state index in [4.69, 9.17) is 4.74 Å². The van der Waals surface area contributed by atoms with Crippen LogP contribution < -0.4 is 15.4 Å². The summed E-state index contributed by atoms with van der Waals surface area (Å²) >= 11 is 0. The second kappa shape index (κ2) is 8.88. The van der Waals surface area contributed by atoms with E-state index in [9.17, 15) is 31.1 Å². The minimum absolute atomic E-state index is 0.00518. The molecule has 0 heterocycles. The Morgan fingerprint density at radius 3 is 1.72 bits per heavy atom. The SMILES string of the molecule is O=C(Nc1ccc(OCC23CC4CC(CC(C4)C2)C3)cc1)Nc1cc(C(F)(F)F)cc(C(F)(F)F)c1. The van der Waals surface area contributed by atoms with Gasteiger partial charge in [-0.1, -0.05) is 0 Å². The van der Waals surface area contributed by atoms with Crippen molar-refractivity contribution in [3.8, 4) is 5.75 Å². The van der Waals surface area contributed by atoms with Crippen molar-refractivity contribution in [2.75, 3.05) is 17.2 Å². The molecule has 4 nitrogen and oxygen atoms in total. The molecule has 2 N–H and O–H groups in total. The highest BCUT2D eigenvalue weighted by molar-refractivity contribution is 5.99. The lowest BCUT2D eigenvalue weighted by Gasteiger charge is -2.56. The summed E-state index contributed by atoms with van der Waals surface area (Å²) in [5.41, 5.74) is -3.07. The minimum Gasteiger partial charge on any atom is -0.493 e. The molecule has 4 aliphatic carbocycles. The van der Waals surface area contributed by atoms with E-state index in [1.165, 1.54) is 38.5 Å². The van der Waals surface area contributed by atoms with Gasteiger partial charge in [0, 0.05) is 16.8 Å². The highest BCUT2D eigenvalue weighted by Gasteiger charge is 2.51. The number of anilines is 2. The number of benzene rings is 2. The topological polar surface area (TPSA) is 50.4 Å². The third kappa shape index (κ3) is 5.42. The molecule has 4 saturated carbocycles. The predicted octanol–water partition coefficient (Wildman–Crippen LogP) is 7.96. The van der Waals surface area contributed by atoms with Crippen molar-refractivity contribution in [3.05, 3.63) is 53.6 Å². The fraction of sp³-hybridized carbons (Fsp3) is 0.500. The van der Waals surface area contributed by atoms with Crippen molar-refractivity contribution in [1.29, 1.82) is 0 Å². The number of alkyl halides is 6. The number of ether oxygens (including phenoxy) is 1. The molecule has 0 radical (unpaired) electrons. The Hall–Kier alpha value is -2.91. The second-order valence-corrected chi connectivity index (χ2v) is 10.6. The third-order valence-corrected chi connectivity index (χ3v) is 7.67. The molecule has 2 aromatic rings. The van der Waals surface area contributed by atoms with E-state index >= 15 is 0 Å². The Morgan fingerprint density at radius 1 is 0.778 bits per heavy atom. The van der Waals surface area contributed by atoms with E-state index in [1.54, 1.807) is 24.3 Å². The Morgan fingerprint density at radius 2 is 1.25 bits per heavy atom. The molecule has 6 rings (SSSR count). The van der Waals surface area contributed by atoms with Crippen LogP contribution in [0.4, 0.5) is 42.5 Å². The highest BCUT2D eigenvalue weighted by Crippen LogP contribution is 2.60. The zero-order chi connectivity index (χ0) is 25.7. The van der Waals surface area contributed by atoms with Gasteiger partial charge in [-0.15, -0.1) is 0 Å². The quantitative estimate of drug-likeness (QED) is 0.399. The molecule has 0 aliphatic heterocycles. The molecule has 4 bridgehead atoms. The third-order valence-electron chi connectivity index (χ3n) is 7.67. The lowest BCUT2D eigenvalue weighted by Crippen LogP contribution is -2.48. The van der Waals surface area contributed by atoms with Gasteiger partial charge in [-0.3, -0.25) is 0 Å². The van der Waals surface area contributed by atoms with Crippen molar-refractivity contribution >= 4 is 17.4 Å². The highest BCUT2D eigenvalue weighted by atomic mass is 19.4. The number of urea groups is 1. The summed E-state index contributed by atoms with van der Waals surface area (Å²) < 4.78 is 84.2. The summed E-state index contributed by atoms with van der Waals surface area (Å²) in [5, 5.41) is 4.46. The van der Waals surface area contributed by atoms with Crippen LogP contribution in [0.3, 0.4) is 0 Å². The van der Waals surface area contributed by atoms with Crippen LogP contribution in [0.1, 0.15) is 49.7 Å². The number of carbonyl (C=O) groups excluding carboxylic acids is 1. The Kier molecular flexibility index (Phi) is 6.11. The molecule has 2 aromatic carbocycles. The number of amides is 2. The summed E-state index contributed by atoms with van der Waals surface area (Å²) in [6.07, 6.45) is -2.32. The number of hydrogen-bond acceptors (Lipinski definition) is 2. The summed E-state index contributed by atoms with van der Waals surface area (Å²) in [5.74, 6) is 3.08. The molecule has 0 atom stereocenters. The van der Waals surface area contributed by atoms with Crippen LogP contribution in [-0.4, -0.2) is 12.6 Å². The van der Waals surface area contributed by atoms with Gasteiger partial charge in [0.15, 0.2) is 0 Å². The summed E-state index contributed by atoms with van der Waals surface area (Å²) in [7, 11) is 0. The number of rotatable bonds is 5. The maximum atomic E-state index is 13.0. The molecule has 10 heteroatoms. The first-order valence-electron chi connectivity index (χ1n) is 12.0. The average molecular weight is 512 g/mol. The van der Waals surface area contributed by atoms with Gasteiger partial charge in [-0.2, -0.15) is 26.3 Å². The van der Waals surface area contributed by atoms with E-state index in [2.05, 4.69) is 5.32 Å². The van der Waals surface area contributed by atoms with Gasteiger partial charge in [0.2, 0.25) is 0 Å². The van der Waals surface area contributed by atoms with Crippen LogP contribution in [0, 0.1) is 23.2 Å². The van der Waals surface area contributed by atoms with Crippen molar-refractivity contribution in [1.82, 2.24) is 0 Å². The monoisotopic (exact) mass is 512 g/mol. The fourth-order valence-electron chi connectivity index (χ4n) is 6.66. The van der Waals surface area contributed by atoms with Crippen molar-refractivity contribution in [2.45, 2.75) is 50.9 Å². The standard InChI is InChI=1S/C26H26F6N2O2/c27-25(28,29)18-8-19(26(30,31)32)10-21(9-18)34-23(35)33-20-1-3-22(4-2-20)36-14-24-11-15-5-16(12-24)7-17(6-15)13-24/h1-4,8-10,15-17H,5-7,11-14H2,(H2,33,34,35). The van der Waals surface area contributed by atoms with Crippen LogP contribution in [0.2, 0.25) is 0 Å². The van der Waals surface area contributed by atoms with Gasteiger partial charge in [0.1, 0.15) is 5.75 Å². The van der Waals surface area contributed by atoms with E-state index in [-0.39, 0.29) is 11.5 Å². The predicted molar refractivity (Wildman–Crippen MR) is 122 cm³/mol. The largest absolute Gasteiger partial charge is 0.493 e. The Bertz CT molecular complexity index is 1060. The van der Waals surface area contributed by atoms with E-state index < -0.39 is 35.2 Å². The van der Waals surface area contributed by atoms with Gasteiger partial charge in [-0.05, 0) is 98.7 Å². The molecule has 0 spiro atoms. The number of nitrogens with one attached hydrogen (secondary N) is 2. The summed E-state index contributed by atoms with van der Waals surface area (Å²) in [6.45, 7) is 0.654. The van der Waals surface area contributed by atoms with Crippen molar-refractivity contribution in [2.24, 2.45) is 23.2 Å². The van der Waals surface area contributed by atoms with Gasteiger partial charge >= 0.3 is 18.4 Å². The van der Waals surface area contributed by atoms with Crippen LogP contribution in [0.25, 0.3) is 0 Å². The molecule has 36 heavy (non-hydrogen) atoms. The van der Waals surface area contributed by atoms with E-state index in [0.717, 1.165) is 17.8 Å². The van der Waals surface area contributed by atoms with Crippen molar-refractivity contribution in [3.63, 3.8) is 0 Å². The first-order valence-corrected chi connectivity index (χ1v) is 12.0. The molecule has 4 aliphatic rings. The fourth-order valence-corrected chi connectivity index (χ4v) is 6.66. The second-order valence-electron chi connectivity index (χ2n) is 10.6. The van der Waals surface area contributed by atoms with E-state index in [1.807, 2.05) is 5.32 Å². The molecular weight excluding hydrogens is 486 g/mol. The summed E-state index contributed by atoms with van der Waals surface area (Å²) in [4.78, 5) is 12.3. The smallest absolute Gasteiger partial charge is 0.416 e. The first kappa shape index (κ1) is 24.8. The van der Waals surface area contributed by atoms with Gasteiger partial charge in [-0.25, -0.2) is 4.79 Å². The molecule has 2 amide bonds. The molecule has 0 aromatic heterocycles. The first-order chi connectivity index (χ1) is 16.9. The molecule has 194 valence electrons. The zero-order valence-corrected chi connectivity index (χ0v) is 19.3. The van der Waals surface area contributed by atoms with Crippen molar-refractivity contribution < 1.29 is 35.9 Å². The van der Waals surface area contributed by atoms with Gasteiger partial charge in [0.25, 0.3) is 0 Å². The van der Waals surface area contributed by atoms with E-state index in [0.29, 0.717) is 30.2 Å². The molecular formula is C26H26F6N2O2. The minimum atomic E-state index is -5.00. The summed E-state index contributed by atoms with van der Waals surface area (Å²) in [6, 6.07) is 6.45. The Balaban J connectivity index is 1.19. The molecule has 4 fully saturated rings. The lowest BCUT2D eigenvalue weighted by molar-refractivity contribution is -0.143. The Labute approximate surface area is 204 Å². The van der Waals surface area contributed by atoms with Gasteiger partial charge < -0.3 is 15.4 Å². The van der Waals surface area contributed by atoms with Crippen LogP contribution in [-0.2, 0) is 12.4 Å². The maximum Gasteiger partial charge on any atom is 0.416 e. The van der Waals surface area contributed by atoms with Crippen LogP contribution in [0.15, 0.2) is 42.5 Å². The van der Waals surface area contributed by atoms with Gasteiger partial charge in [0.05, 0.1) is 17.7 Å². The number of halogens is 6.